The number of nitrogen functional groups attached to an aromatic ring is 1. The fourth-order valence-electron chi connectivity index (χ4n) is 1.34. The van der Waals surface area contributed by atoms with Gasteiger partial charge in [-0.2, -0.15) is 0 Å². The van der Waals surface area contributed by atoms with E-state index in [9.17, 15) is 4.79 Å². The van der Waals surface area contributed by atoms with Crippen molar-refractivity contribution in [3.8, 4) is 0 Å². The van der Waals surface area contributed by atoms with Crippen LogP contribution in [0.15, 0.2) is 12.3 Å². The first-order valence-corrected chi connectivity index (χ1v) is 4.82. The zero-order chi connectivity index (χ0) is 11.4. The van der Waals surface area contributed by atoms with Gasteiger partial charge < -0.3 is 15.7 Å². The highest BCUT2D eigenvalue weighted by Gasteiger charge is 2.14. The molecule has 1 heterocycles. The van der Waals surface area contributed by atoms with Crippen LogP contribution in [0.5, 0.6) is 0 Å². The summed E-state index contributed by atoms with van der Waals surface area (Å²) in [7, 11) is 0. The summed E-state index contributed by atoms with van der Waals surface area (Å²) in [5.74, 6) is 4.46. The van der Waals surface area contributed by atoms with Crippen molar-refractivity contribution in [1.82, 2.24) is 4.68 Å². The summed E-state index contributed by atoms with van der Waals surface area (Å²) in [6, 6.07) is 1.70. The molecule has 0 saturated heterocycles. The Bertz CT molecular complexity index is 344. The van der Waals surface area contributed by atoms with Gasteiger partial charge in [0.05, 0.1) is 12.7 Å². The molecule has 0 unspecified atom stereocenters. The third kappa shape index (κ3) is 2.99. The molecule has 0 aliphatic heterocycles. The Morgan fingerprint density at radius 3 is 2.87 bits per heavy atom. The second-order valence-corrected chi connectivity index (χ2v) is 3.57. The van der Waals surface area contributed by atoms with Gasteiger partial charge in [0.2, 0.25) is 0 Å². The largest absolute Gasteiger partial charge is 0.477 e. The molecule has 0 atom stereocenters. The van der Waals surface area contributed by atoms with Crippen molar-refractivity contribution in [3.63, 3.8) is 0 Å². The number of nitrogens with two attached hydrogens (primary N) is 1. The smallest absolute Gasteiger partial charge is 0.354 e. The van der Waals surface area contributed by atoms with Crippen LogP contribution in [0.2, 0.25) is 0 Å². The highest BCUT2D eigenvalue weighted by Crippen LogP contribution is 2.10. The van der Waals surface area contributed by atoms with E-state index in [-0.39, 0.29) is 11.8 Å². The van der Waals surface area contributed by atoms with Crippen LogP contribution in [0.4, 0.5) is 0 Å². The molecule has 1 rings (SSSR count). The SMILES string of the molecule is CC(C)OCCc1ccn(N)c1C(=O)O. The molecule has 0 radical (unpaired) electrons. The van der Waals surface area contributed by atoms with Crippen molar-refractivity contribution < 1.29 is 14.6 Å². The molecular formula is C10H16N2O3. The third-order valence-corrected chi connectivity index (χ3v) is 2.02. The number of nitrogens with zero attached hydrogens (tertiary/aromatic N) is 1. The number of aromatic nitrogens is 1. The molecule has 15 heavy (non-hydrogen) atoms. The van der Waals surface area contributed by atoms with Crippen LogP contribution in [0.3, 0.4) is 0 Å². The molecule has 0 aromatic carbocycles. The van der Waals surface area contributed by atoms with Crippen molar-refractivity contribution in [2.24, 2.45) is 0 Å². The number of carbonyl (C=O) groups is 1. The second-order valence-electron chi connectivity index (χ2n) is 3.57. The van der Waals surface area contributed by atoms with E-state index >= 15 is 0 Å². The zero-order valence-electron chi connectivity index (χ0n) is 8.93. The van der Waals surface area contributed by atoms with E-state index in [1.807, 2.05) is 13.8 Å². The predicted molar refractivity (Wildman–Crippen MR) is 56.3 cm³/mol. The lowest BCUT2D eigenvalue weighted by Gasteiger charge is -2.07. The second kappa shape index (κ2) is 4.84. The minimum atomic E-state index is -1.01. The molecule has 0 aliphatic rings. The van der Waals surface area contributed by atoms with Crippen molar-refractivity contribution >= 4 is 5.97 Å². The van der Waals surface area contributed by atoms with Gasteiger partial charge >= 0.3 is 5.97 Å². The third-order valence-electron chi connectivity index (χ3n) is 2.02. The first-order chi connectivity index (χ1) is 7.02. The molecule has 0 aliphatic carbocycles. The molecule has 0 amide bonds. The molecule has 0 saturated carbocycles. The lowest BCUT2D eigenvalue weighted by Crippen LogP contribution is -2.17. The Labute approximate surface area is 88.4 Å². The van der Waals surface area contributed by atoms with Gasteiger partial charge in [-0.3, -0.25) is 4.68 Å². The van der Waals surface area contributed by atoms with Crippen LogP contribution in [0.25, 0.3) is 0 Å². The average molecular weight is 212 g/mol. The van der Waals surface area contributed by atoms with Crippen LogP contribution >= 0.6 is 0 Å². The summed E-state index contributed by atoms with van der Waals surface area (Å²) < 4.78 is 6.46. The number of rotatable bonds is 5. The summed E-state index contributed by atoms with van der Waals surface area (Å²) in [6.45, 7) is 4.38. The number of carboxylic acids is 1. The quantitative estimate of drug-likeness (QED) is 0.710. The van der Waals surface area contributed by atoms with Gasteiger partial charge in [-0.05, 0) is 31.9 Å². The fourth-order valence-corrected chi connectivity index (χ4v) is 1.34. The Morgan fingerprint density at radius 1 is 1.67 bits per heavy atom. The van der Waals surface area contributed by atoms with Gasteiger partial charge in [0.15, 0.2) is 0 Å². The standard InChI is InChI=1S/C10H16N2O3/c1-7(2)15-6-4-8-3-5-12(11)9(8)10(13)14/h3,5,7H,4,6,11H2,1-2H3,(H,13,14). The molecule has 5 nitrogen and oxygen atoms in total. The lowest BCUT2D eigenvalue weighted by atomic mass is 10.2. The molecule has 1 aromatic heterocycles. The Morgan fingerprint density at radius 2 is 2.33 bits per heavy atom. The zero-order valence-corrected chi connectivity index (χ0v) is 8.93. The number of hydrogen-bond acceptors (Lipinski definition) is 3. The maximum absolute atomic E-state index is 10.9. The number of ether oxygens (including phenoxy) is 1. The fraction of sp³-hybridized carbons (Fsp3) is 0.500. The van der Waals surface area contributed by atoms with Gasteiger partial charge in [-0.1, -0.05) is 0 Å². The van der Waals surface area contributed by atoms with Crippen LogP contribution in [0.1, 0.15) is 29.9 Å². The van der Waals surface area contributed by atoms with Crippen LogP contribution in [0, 0.1) is 0 Å². The Kier molecular flexibility index (Phi) is 3.74. The van der Waals surface area contributed by atoms with Gasteiger partial charge in [0.25, 0.3) is 0 Å². The molecule has 3 N–H and O–H groups in total. The van der Waals surface area contributed by atoms with Crippen molar-refractivity contribution in [3.05, 3.63) is 23.5 Å². The van der Waals surface area contributed by atoms with Gasteiger partial charge in [-0.25, -0.2) is 4.79 Å². The molecular weight excluding hydrogens is 196 g/mol. The molecule has 0 fully saturated rings. The molecule has 5 heteroatoms. The van der Waals surface area contributed by atoms with E-state index in [4.69, 9.17) is 15.7 Å². The normalized spacial score (nSPS) is 10.9. The summed E-state index contributed by atoms with van der Waals surface area (Å²) in [6.07, 6.45) is 2.25. The summed E-state index contributed by atoms with van der Waals surface area (Å²) in [5.41, 5.74) is 0.827. The van der Waals surface area contributed by atoms with Crippen molar-refractivity contribution in [1.29, 1.82) is 0 Å². The van der Waals surface area contributed by atoms with Crippen LogP contribution in [-0.2, 0) is 11.2 Å². The van der Waals surface area contributed by atoms with Crippen LogP contribution in [-0.4, -0.2) is 28.5 Å². The average Bonchev–Trinajstić information content (AvgIpc) is 2.46. The monoisotopic (exact) mass is 212 g/mol. The Balaban J connectivity index is 2.65. The first-order valence-electron chi connectivity index (χ1n) is 4.82. The molecule has 0 spiro atoms. The van der Waals surface area contributed by atoms with Gasteiger partial charge in [0, 0.05) is 6.20 Å². The Hall–Kier alpha value is -1.49. The maximum atomic E-state index is 10.9. The van der Waals surface area contributed by atoms with E-state index in [2.05, 4.69) is 0 Å². The summed E-state index contributed by atoms with van der Waals surface area (Å²) in [5, 5.41) is 8.90. The molecule has 84 valence electrons. The minimum absolute atomic E-state index is 0.127. The summed E-state index contributed by atoms with van der Waals surface area (Å²) in [4.78, 5) is 10.9. The van der Waals surface area contributed by atoms with Crippen molar-refractivity contribution in [2.45, 2.75) is 26.4 Å². The van der Waals surface area contributed by atoms with E-state index in [1.165, 1.54) is 6.20 Å². The summed E-state index contributed by atoms with van der Waals surface area (Å²) >= 11 is 0. The van der Waals surface area contributed by atoms with Crippen LogP contribution < -0.4 is 5.84 Å². The topological polar surface area (TPSA) is 77.5 Å². The van der Waals surface area contributed by atoms with Gasteiger partial charge in [-0.15, -0.1) is 0 Å². The number of aromatic carboxylic acids is 1. The van der Waals surface area contributed by atoms with E-state index < -0.39 is 5.97 Å². The molecule has 1 aromatic rings. The highest BCUT2D eigenvalue weighted by molar-refractivity contribution is 5.87. The first kappa shape index (κ1) is 11.6. The molecule has 0 bridgehead atoms. The lowest BCUT2D eigenvalue weighted by molar-refractivity contribution is 0.0682. The van der Waals surface area contributed by atoms with Gasteiger partial charge in [0.1, 0.15) is 5.69 Å². The maximum Gasteiger partial charge on any atom is 0.354 e. The van der Waals surface area contributed by atoms with Crippen molar-refractivity contribution in [2.75, 3.05) is 12.4 Å². The van der Waals surface area contributed by atoms with E-state index in [0.29, 0.717) is 18.6 Å². The minimum Gasteiger partial charge on any atom is -0.477 e. The van der Waals surface area contributed by atoms with E-state index in [0.717, 1.165) is 4.68 Å². The predicted octanol–water partition coefficient (Wildman–Crippen LogP) is 0.868. The number of hydrogen-bond donors (Lipinski definition) is 2. The van der Waals surface area contributed by atoms with E-state index in [1.54, 1.807) is 6.07 Å². The number of carboxylic acid groups (broad SMARTS) is 1. The highest BCUT2D eigenvalue weighted by atomic mass is 16.5.